The summed E-state index contributed by atoms with van der Waals surface area (Å²) in [5.74, 6) is 0.310. The Morgan fingerprint density at radius 3 is 2.83 bits per heavy atom. The van der Waals surface area contributed by atoms with E-state index in [0.29, 0.717) is 24.8 Å². The Hall–Kier alpha value is -1.69. The standard InChI is InChI=1S/C12H19N3O3/c1-4-18-8-11(9(2)3)14-10-5-6-13-7-12(10)15(16)17/h5-7,9,11H,4,8H2,1-3H3,(H,13,14). The second-order valence-corrected chi connectivity index (χ2v) is 4.30. The van der Waals surface area contributed by atoms with Crippen molar-refractivity contribution in [3.8, 4) is 0 Å². The Morgan fingerprint density at radius 1 is 1.56 bits per heavy atom. The maximum Gasteiger partial charge on any atom is 0.310 e. The number of ether oxygens (including phenoxy) is 1. The zero-order valence-electron chi connectivity index (χ0n) is 10.9. The van der Waals surface area contributed by atoms with Crippen molar-refractivity contribution >= 4 is 11.4 Å². The van der Waals surface area contributed by atoms with Crippen molar-refractivity contribution in [2.45, 2.75) is 26.8 Å². The van der Waals surface area contributed by atoms with Gasteiger partial charge in [0.1, 0.15) is 11.9 Å². The topological polar surface area (TPSA) is 77.3 Å². The van der Waals surface area contributed by atoms with E-state index < -0.39 is 4.92 Å². The lowest BCUT2D eigenvalue weighted by molar-refractivity contribution is -0.384. The maximum atomic E-state index is 10.9. The van der Waals surface area contributed by atoms with Gasteiger partial charge >= 0.3 is 5.69 Å². The van der Waals surface area contributed by atoms with Crippen LogP contribution in [0.4, 0.5) is 11.4 Å². The molecule has 0 amide bonds. The highest BCUT2D eigenvalue weighted by molar-refractivity contribution is 5.60. The quantitative estimate of drug-likeness (QED) is 0.596. The van der Waals surface area contributed by atoms with Gasteiger partial charge in [-0.2, -0.15) is 0 Å². The fourth-order valence-electron chi connectivity index (χ4n) is 1.50. The molecule has 0 radical (unpaired) electrons. The van der Waals surface area contributed by atoms with E-state index in [1.165, 1.54) is 12.4 Å². The lowest BCUT2D eigenvalue weighted by atomic mass is 10.1. The summed E-state index contributed by atoms with van der Waals surface area (Å²) in [5.41, 5.74) is 0.466. The lowest BCUT2D eigenvalue weighted by Crippen LogP contribution is -2.31. The van der Waals surface area contributed by atoms with Crippen LogP contribution in [0, 0.1) is 16.0 Å². The van der Waals surface area contributed by atoms with E-state index in [2.05, 4.69) is 10.3 Å². The SMILES string of the molecule is CCOCC(Nc1ccncc1[N+](=O)[O-])C(C)C. The molecule has 0 saturated carbocycles. The highest BCUT2D eigenvalue weighted by atomic mass is 16.6. The summed E-state index contributed by atoms with van der Waals surface area (Å²) < 4.78 is 5.38. The van der Waals surface area contributed by atoms with Crippen LogP contribution in [0.3, 0.4) is 0 Å². The van der Waals surface area contributed by atoms with E-state index in [4.69, 9.17) is 4.74 Å². The van der Waals surface area contributed by atoms with Gasteiger partial charge in [-0.25, -0.2) is 0 Å². The van der Waals surface area contributed by atoms with Gasteiger partial charge in [-0.1, -0.05) is 13.8 Å². The van der Waals surface area contributed by atoms with Gasteiger partial charge in [0.2, 0.25) is 0 Å². The average Bonchev–Trinajstić information content (AvgIpc) is 2.34. The number of anilines is 1. The number of pyridine rings is 1. The highest BCUT2D eigenvalue weighted by Crippen LogP contribution is 2.24. The first-order chi connectivity index (χ1) is 8.56. The first-order valence-corrected chi connectivity index (χ1v) is 5.99. The van der Waals surface area contributed by atoms with Crippen LogP contribution < -0.4 is 5.32 Å². The molecular weight excluding hydrogens is 234 g/mol. The first kappa shape index (κ1) is 14.4. The molecule has 0 aliphatic carbocycles. The van der Waals surface area contributed by atoms with Crippen LogP contribution in [0.15, 0.2) is 18.5 Å². The number of rotatable bonds is 7. The summed E-state index contributed by atoms with van der Waals surface area (Å²) in [6.07, 6.45) is 2.79. The van der Waals surface area contributed by atoms with Crippen LogP contribution in [-0.2, 0) is 4.74 Å². The third-order valence-corrected chi connectivity index (χ3v) is 2.64. The second-order valence-electron chi connectivity index (χ2n) is 4.30. The largest absolute Gasteiger partial charge is 0.380 e. The van der Waals surface area contributed by atoms with Crippen LogP contribution >= 0.6 is 0 Å². The number of nitrogens with one attached hydrogen (secondary N) is 1. The Balaban J connectivity index is 2.83. The molecule has 0 spiro atoms. The Kier molecular flexibility index (Phi) is 5.51. The number of nitrogens with zero attached hydrogens (tertiary/aromatic N) is 2. The van der Waals surface area contributed by atoms with Crippen molar-refractivity contribution in [2.24, 2.45) is 5.92 Å². The predicted octanol–water partition coefficient (Wildman–Crippen LogP) is 2.46. The number of aromatic nitrogens is 1. The molecule has 0 aliphatic rings. The molecule has 1 heterocycles. The van der Waals surface area contributed by atoms with Crippen LogP contribution in [0.2, 0.25) is 0 Å². The Labute approximate surface area is 107 Å². The molecular formula is C12H19N3O3. The zero-order chi connectivity index (χ0) is 13.5. The molecule has 18 heavy (non-hydrogen) atoms. The van der Waals surface area contributed by atoms with Gasteiger partial charge in [-0.15, -0.1) is 0 Å². The molecule has 6 nitrogen and oxygen atoms in total. The summed E-state index contributed by atoms with van der Waals surface area (Å²) in [4.78, 5) is 14.2. The summed E-state index contributed by atoms with van der Waals surface area (Å²) in [6, 6.07) is 1.64. The van der Waals surface area contributed by atoms with Crippen molar-refractivity contribution < 1.29 is 9.66 Å². The number of nitro groups is 1. The molecule has 1 N–H and O–H groups in total. The minimum atomic E-state index is -0.437. The molecule has 0 fully saturated rings. The predicted molar refractivity (Wildman–Crippen MR) is 69.6 cm³/mol. The number of hydrogen-bond donors (Lipinski definition) is 1. The van der Waals surface area contributed by atoms with Crippen molar-refractivity contribution in [1.82, 2.24) is 4.98 Å². The Morgan fingerprint density at radius 2 is 2.28 bits per heavy atom. The normalized spacial score (nSPS) is 12.4. The molecule has 1 unspecified atom stereocenters. The van der Waals surface area contributed by atoms with Crippen LogP contribution in [0.25, 0.3) is 0 Å². The van der Waals surface area contributed by atoms with Gasteiger partial charge < -0.3 is 10.1 Å². The van der Waals surface area contributed by atoms with Crippen molar-refractivity contribution in [1.29, 1.82) is 0 Å². The molecule has 1 rings (SSSR count). The smallest absolute Gasteiger partial charge is 0.310 e. The molecule has 1 aromatic heterocycles. The molecule has 1 atom stereocenters. The zero-order valence-corrected chi connectivity index (χ0v) is 10.9. The fraction of sp³-hybridized carbons (Fsp3) is 0.583. The van der Waals surface area contributed by atoms with Crippen molar-refractivity contribution in [3.63, 3.8) is 0 Å². The average molecular weight is 253 g/mol. The molecule has 0 aromatic carbocycles. The molecule has 6 heteroatoms. The van der Waals surface area contributed by atoms with Crippen molar-refractivity contribution in [3.05, 3.63) is 28.6 Å². The maximum absolute atomic E-state index is 10.9. The van der Waals surface area contributed by atoms with Gasteiger partial charge in [-0.3, -0.25) is 15.1 Å². The third kappa shape index (κ3) is 3.96. The minimum absolute atomic E-state index is 0.0142. The summed E-state index contributed by atoms with van der Waals surface area (Å²) in [5, 5.41) is 14.0. The molecule has 0 aliphatic heterocycles. The van der Waals surface area contributed by atoms with Crippen LogP contribution in [0.1, 0.15) is 20.8 Å². The van der Waals surface area contributed by atoms with Gasteiger partial charge in [0, 0.05) is 12.8 Å². The van der Waals surface area contributed by atoms with E-state index in [9.17, 15) is 10.1 Å². The second kappa shape index (κ2) is 6.90. The van der Waals surface area contributed by atoms with Gasteiger partial charge in [-0.05, 0) is 18.9 Å². The lowest BCUT2D eigenvalue weighted by Gasteiger charge is -2.22. The molecule has 0 bridgehead atoms. The summed E-state index contributed by atoms with van der Waals surface area (Å²) in [7, 11) is 0. The fourth-order valence-corrected chi connectivity index (χ4v) is 1.50. The van der Waals surface area contributed by atoms with E-state index in [-0.39, 0.29) is 11.7 Å². The van der Waals surface area contributed by atoms with Gasteiger partial charge in [0.05, 0.1) is 17.6 Å². The van der Waals surface area contributed by atoms with Gasteiger partial charge in [0.25, 0.3) is 0 Å². The highest BCUT2D eigenvalue weighted by Gasteiger charge is 2.19. The molecule has 1 aromatic rings. The van der Waals surface area contributed by atoms with E-state index in [1.807, 2.05) is 20.8 Å². The third-order valence-electron chi connectivity index (χ3n) is 2.64. The molecule has 100 valence electrons. The Bertz CT molecular complexity index is 396. The van der Waals surface area contributed by atoms with E-state index >= 15 is 0 Å². The minimum Gasteiger partial charge on any atom is -0.380 e. The van der Waals surface area contributed by atoms with Gasteiger partial charge in [0.15, 0.2) is 0 Å². The monoisotopic (exact) mass is 253 g/mol. The van der Waals surface area contributed by atoms with E-state index in [0.717, 1.165) is 0 Å². The number of hydrogen-bond acceptors (Lipinski definition) is 5. The van der Waals surface area contributed by atoms with Crippen molar-refractivity contribution in [2.75, 3.05) is 18.5 Å². The molecule has 0 saturated heterocycles. The van der Waals surface area contributed by atoms with E-state index in [1.54, 1.807) is 6.07 Å². The van der Waals surface area contributed by atoms with Crippen LogP contribution in [-0.4, -0.2) is 29.2 Å². The first-order valence-electron chi connectivity index (χ1n) is 5.99. The summed E-state index contributed by atoms with van der Waals surface area (Å²) >= 11 is 0. The summed E-state index contributed by atoms with van der Waals surface area (Å²) in [6.45, 7) is 7.16. The van der Waals surface area contributed by atoms with Crippen LogP contribution in [0.5, 0.6) is 0 Å².